The second-order valence-corrected chi connectivity index (χ2v) is 7.64. The number of esters is 1. The first-order valence-corrected chi connectivity index (χ1v) is 8.67. The molecule has 2 N–H and O–H groups in total. The SMILES string of the molecule is C=CCC1(O)CC2CC(=O)C3(C(=O)OCC)C1C3[C@](O)(CC=C)C2. The van der Waals surface area contributed by atoms with Crippen molar-refractivity contribution in [3.05, 3.63) is 25.3 Å². The molecule has 0 aromatic rings. The van der Waals surface area contributed by atoms with Crippen molar-refractivity contribution in [2.75, 3.05) is 6.61 Å². The molecule has 24 heavy (non-hydrogen) atoms. The number of hydrogen-bond donors (Lipinski definition) is 2. The summed E-state index contributed by atoms with van der Waals surface area (Å²) >= 11 is 0. The molecule has 4 aliphatic rings. The van der Waals surface area contributed by atoms with E-state index < -0.39 is 34.4 Å². The van der Waals surface area contributed by atoms with Crippen molar-refractivity contribution in [1.82, 2.24) is 0 Å². The van der Waals surface area contributed by atoms with Gasteiger partial charge in [0.2, 0.25) is 0 Å². The van der Waals surface area contributed by atoms with E-state index in [9.17, 15) is 19.8 Å². The minimum Gasteiger partial charge on any atom is -0.465 e. The van der Waals surface area contributed by atoms with Crippen LogP contribution in [0.25, 0.3) is 0 Å². The Morgan fingerprint density at radius 3 is 2.12 bits per heavy atom. The Labute approximate surface area is 142 Å². The Bertz CT molecular complexity index is 565. The highest BCUT2D eigenvalue weighted by Gasteiger charge is 2.86. The predicted octanol–water partition coefficient (Wildman–Crippen LogP) is 1.78. The number of ether oxygens (including phenoxy) is 1. The summed E-state index contributed by atoms with van der Waals surface area (Å²) in [6.45, 7) is 9.27. The van der Waals surface area contributed by atoms with Crippen LogP contribution in [0.15, 0.2) is 25.3 Å². The maximum Gasteiger partial charge on any atom is 0.320 e. The van der Waals surface area contributed by atoms with E-state index in [1.54, 1.807) is 19.1 Å². The van der Waals surface area contributed by atoms with E-state index in [1.165, 1.54) is 0 Å². The molecular formula is C19H26O5. The summed E-state index contributed by atoms with van der Waals surface area (Å²) in [5.41, 5.74) is -3.83. The van der Waals surface area contributed by atoms with Gasteiger partial charge in [-0.05, 0) is 38.5 Å². The van der Waals surface area contributed by atoms with Gasteiger partial charge < -0.3 is 14.9 Å². The van der Waals surface area contributed by atoms with Crippen molar-refractivity contribution in [2.45, 2.75) is 50.2 Å². The van der Waals surface area contributed by atoms with Crippen molar-refractivity contribution in [2.24, 2.45) is 23.2 Å². The van der Waals surface area contributed by atoms with E-state index in [2.05, 4.69) is 13.2 Å². The fourth-order valence-corrected chi connectivity index (χ4v) is 5.64. The lowest BCUT2D eigenvalue weighted by Crippen LogP contribution is -2.39. The molecule has 4 rings (SSSR count). The Balaban J connectivity index is 2.16. The molecular weight excluding hydrogens is 308 g/mol. The van der Waals surface area contributed by atoms with Gasteiger partial charge >= 0.3 is 5.97 Å². The highest BCUT2D eigenvalue weighted by atomic mass is 16.5. The van der Waals surface area contributed by atoms with Crippen molar-refractivity contribution in [3.63, 3.8) is 0 Å². The number of Topliss-reactive ketones (excluding diaryl/α,β-unsaturated/α-hetero) is 1. The van der Waals surface area contributed by atoms with Gasteiger partial charge in [-0.2, -0.15) is 0 Å². The molecule has 4 fully saturated rings. The maximum absolute atomic E-state index is 13.0. The number of carbonyl (C=O) groups is 2. The number of rotatable bonds is 6. The monoisotopic (exact) mass is 334 g/mol. The largest absolute Gasteiger partial charge is 0.465 e. The Morgan fingerprint density at radius 2 is 1.71 bits per heavy atom. The average molecular weight is 334 g/mol. The van der Waals surface area contributed by atoms with Crippen LogP contribution in [0.2, 0.25) is 0 Å². The van der Waals surface area contributed by atoms with Crippen molar-refractivity contribution >= 4 is 11.8 Å². The molecule has 132 valence electrons. The summed E-state index contributed by atoms with van der Waals surface area (Å²) in [4.78, 5) is 25.7. The van der Waals surface area contributed by atoms with Gasteiger partial charge in [0.15, 0.2) is 5.78 Å². The second kappa shape index (κ2) is 5.53. The first kappa shape index (κ1) is 17.4. The van der Waals surface area contributed by atoms with E-state index in [4.69, 9.17) is 4.74 Å². The zero-order valence-corrected chi connectivity index (χ0v) is 14.2. The summed E-state index contributed by atoms with van der Waals surface area (Å²) in [6.07, 6.45) is 4.82. The van der Waals surface area contributed by atoms with Crippen molar-refractivity contribution in [1.29, 1.82) is 0 Å². The average Bonchev–Trinajstić information content (AvgIpc) is 3.22. The summed E-state index contributed by atoms with van der Waals surface area (Å²) in [5.74, 6) is -2.18. The summed E-state index contributed by atoms with van der Waals surface area (Å²) < 4.78 is 5.21. The third kappa shape index (κ3) is 2.07. The first-order valence-electron chi connectivity index (χ1n) is 8.67. The van der Waals surface area contributed by atoms with Gasteiger partial charge in [-0.15, -0.1) is 13.2 Å². The molecule has 5 unspecified atom stereocenters. The van der Waals surface area contributed by atoms with Gasteiger partial charge in [0.1, 0.15) is 5.41 Å². The van der Waals surface area contributed by atoms with Crippen LogP contribution in [-0.2, 0) is 14.3 Å². The zero-order valence-electron chi connectivity index (χ0n) is 14.2. The highest BCUT2D eigenvalue weighted by molar-refractivity contribution is 6.09. The highest BCUT2D eigenvalue weighted by Crippen LogP contribution is 2.75. The number of ketones is 1. The molecule has 5 nitrogen and oxygen atoms in total. The van der Waals surface area contributed by atoms with Gasteiger partial charge in [0.05, 0.1) is 17.8 Å². The fourth-order valence-electron chi connectivity index (χ4n) is 5.64. The number of aliphatic hydroxyl groups is 2. The lowest BCUT2D eigenvalue weighted by Gasteiger charge is -2.30. The van der Waals surface area contributed by atoms with Crippen molar-refractivity contribution < 1.29 is 24.5 Å². The number of hydrogen-bond acceptors (Lipinski definition) is 5. The molecule has 0 saturated heterocycles. The van der Waals surface area contributed by atoms with Crippen LogP contribution >= 0.6 is 0 Å². The minimum atomic E-state index is -1.42. The van der Waals surface area contributed by atoms with E-state index >= 15 is 0 Å². The van der Waals surface area contributed by atoms with Gasteiger partial charge in [-0.1, -0.05) is 12.2 Å². The van der Waals surface area contributed by atoms with Crippen LogP contribution in [0.4, 0.5) is 0 Å². The first-order chi connectivity index (χ1) is 11.3. The standard InChI is InChI=1S/C19H26O5/c1-4-7-17(22)10-12-9-13(20)19(16(21)24-6-3)14(17)15(19)18(23,11-12)8-5-2/h4-5,12,14-15,22-23H,1-2,6-11H2,3H3/t12?,14?,15?,17-,18?,19?/m0/s1. The molecule has 6 atom stereocenters. The zero-order chi connectivity index (χ0) is 17.8. The summed E-state index contributed by atoms with van der Waals surface area (Å²) in [6, 6.07) is 0. The van der Waals surface area contributed by atoms with Crippen molar-refractivity contribution in [3.8, 4) is 0 Å². The van der Waals surface area contributed by atoms with Crippen LogP contribution in [0.3, 0.4) is 0 Å². The fraction of sp³-hybridized carbons (Fsp3) is 0.684. The third-order valence-corrected chi connectivity index (χ3v) is 6.19. The van der Waals surface area contributed by atoms with Crippen LogP contribution < -0.4 is 0 Å². The van der Waals surface area contributed by atoms with E-state index in [1.807, 2.05) is 0 Å². The Kier molecular flexibility index (Phi) is 4.00. The molecule has 0 spiro atoms. The minimum absolute atomic E-state index is 0.154. The van der Waals surface area contributed by atoms with Gasteiger partial charge in [-0.3, -0.25) is 9.59 Å². The molecule has 5 heteroatoms. The van der Waals surface area contributed by atoms with Crippen LogP contribution in [0.1, 0.15) is 39.0 Å². The Morgan fingerprint density at radius 1 is 1.21 bits per heavy atom. The molecule has 0 heterocycles. The molecule has 4 saturated carbocycles. The van der Waals surface area contributed by atoms with E-state index in [-0.39, 0.29) is 24.7 Å². The second-order valence-electron chi connectivity index (χ2n) is 7.64. The summed E-state index contributed by atoms with van der Waals surface area (Å²) in [7, 11) is 0. The van der Waals surface area contributed by atoms with Crippen LogP contribution in [0, 0.1) is 23.2 Å². The van der Waals surface area contributed by atoms with Gasteiger partial charge in [0, 0.05) is 18.3 Å². The molecule has 0 amide bonds. The normalized spacial score (nSPS) is 46.0. The molecule has 0 aliphatic heterocycles. The topological polar surface area (TPSA) is 83.8 Å². The molecule has 4 bridgehead atoms. The third-order valence-electron chi connectivity index (χ3n) is 6.19. The van der Waals surface area contributed by atoms with Gasteiger partial charge in [0.25, 0.3) is 0 Å². The summed E-state index contributed by atoms with van der Waals surface area (Å²) in [5, 5.41) is 22.5. The quantitative estimate of drug-likeness (QED) is 0.439. The van der Waals surface area contributed by atoms with E-state index in [0.717, 1.165) is 0 Å². The smallest absolute Gasteiger partial charge is 0.320 e. The molecule has 0 radical (unpaired) electrons. The molecule has 4 aliphatic carbocycles. The number of fused-ring (bicyclic) bond motifs is 3. The molecule has 0 aromatic carbocycles. The number of carbonyl (C=O) groups excluding carboxylic acids is 2. The van der Waals surface area contributed by atoms with Gasteiger partial charge in [-0.25, -0.2) is 0 Å². The lowest BCUT2D eigenvalue weighted by molar-refractivity contribution is -0.157. The van der Waals surface area contributed by atoms with E-state index in [0.29, 0.717) is 25.7 Å². The van der Waals surface area contributed by atoms with Crippen LogP contribution in [-0.4, -0.2) is 39.8 Å². The molecule has 0 aromatic heterocycles. The predicted molar refractivity (Wildman–Crippen MR) is 87.9 cm³/mol. The Hall–Kier alpha value is -1.46. The maximum atomic E-state index is 13.0. The van der Waals surface area contributed by atoms with Crippen LogP contribution in [0.5, 0.6) is 0 Å². The lowest BCUT2D eigenvalue weighted by atomic mass is 9.81.